The van der Waals surface area contributed by atoms with Crippen molar-refractivity contribution in [3.63, 3.8) is 0 Å². The van der Waals surface area contributed by atoms with Gasteiger partial charge >= 0.3 is 0 Å². The summed E-state index contributed by atoms with van der Waals surface area (Å²) in [5.74, 6) is 0.822. The molecule has 0 aliphatic heterocycles. The van der Waals surface area contributed by atoms with E-state index in [9.17, 15) is 0 Å². The van der Waals surface area contributed by atoms with Crippen molar-refractivity contribution in [3.05, 3.63) is 18.2 Å². The summed E-state index contributed by atoms with van der Waals surface area (Å²) in [5.41, 5.74) is 5.36. The Morgan fingerprint density at radius 3 is 2.56 bits per heavy atom. The Balaban J connectivity index is 2.90. The highest BCUT2D eigenvalue weighted by Gasteiger charge is 2.15. The molecule has 0 aromatic carbocycles. The van der Waals surface area contributed by atoms with Gasteiger partial charge in [-0.3, -0.25) is 0 Å². The molecule has 3 N–H and O–H groups in total. The van der Waals surface area contributed by atoms with Crippen molar-refractivity contribution < 1.29 is 0 Å². The topological polar surface area (TPSA) is 54.7 Å². The van der Waals surface area contributed by atoms with Gasteiger partial charge < -0.3 is 10.7 Å². The highest BCUT2D eigenvalue weighted by atomic mass is 15.0. The predicted molar refractivity (Wildman–Crippen MR) is 35.8 cm³/mol. The average molecular weight is 125 g/mol. The van der Waals surface area contributed by atoms with Crippen LogP contribution in [0.1, 0.15) is 19.7 Å². The molecule has 3 nitrogen and oxygen atoms in total. The molecular formula is C6H11N3. The number of H-pyrrole nitrogens is 1. The van der Waals surface area contributed by atoms with Gasteiger partial charge in [0.1, 0.15) is 5.82 Å². The second kappa shape index (κ2) is 1.84. The molecule has 0 saturated heterocycles. The Labute approximate surface area is 54.3 Å². The van der Waals surface area contributed by atoms with E-state index in [1.807, 2.05) is 13.8 Å². The van der Waals surface area contributed by atoms with E-state index in [0.29, 0.717) is 0 Å². The van der Waals surface area contributed by atoms with Crippen LogP contribution in [0.15, 0.2) is 12.4 Å². The molecular weight excluding hydrogens is 114 g/mol. The van der Waals surface area contributed by atoms with Gasteiger partial charge in [-0.1, -0.05) is 0 Å². The second-order valence-electron chi connectivity index (χ2n) is 2.66. The zero-order valence-electron chi connectivity index (χ0n) is 5.68. The van der Waals surface area contributed by atoms with Crippen LogP contribution in [0.3, 0.4) is 0 Å². The van der Waals surface area contributed by atoms with E-state index >= 15 is 0 Å². The number of rotatable bonds is 1. The minimum absolute atomic E-state index is 0.344. The number of nitrogens with two attached hydrogens (primary N) is 1. The summed E-state index contributed by atoms with van der Waals surface area (Å²) in [6.07, 6.45) is 3.47. The maximum absolute atomic E-state index is 5.71. The molecule has 9 heavy (non-hydrogen) atoms. The first kappa shape index (κ1) is 6.29. The summed E-state index contributed by atoms with van der Waals surface area (Å²) in [4.78, 5) is 6.95. The van der Waals surface area contributed by atoms with Crippen LogP contribution in [-0.4, -0.2) is 9.97 Å². The third-order valence-electron chi connectivity index (χ3n) is 1.11. The Bertz CT molecular complexity index is 171. The predicted octanol–water partition coefficient (Wildman–Crippen LogP) is 0.604. The van der Waals surface area contributed by atoms with Gasteiger partial charge in [-0.05, 0) is 13.8 Å². The Morgan fingerprint density at radius 2 is 2.33 bits per heavy atom. The Hall–Kier alpha value is -0.830. The molecule has 0 saturated carbocycles. The lowest BCUT2D eigenvalue weighted by atomic mass is 10.1. The molecule has 0 spiro atoms. The van der Waals surface area contributed by atoms with Crippen molar-refractivity contribution in [2.24, 2.45) is 5.73 Å². The maximum Gasteiger partial charge on any atom is 0.125 e. The van der Waals surface area contributed by atoms with Gasteiger partial charge in [0.25, 0.3) is 0 Å². The van der Waals surface area contributed by atoms with Crippen LogP contribution < -0.4 is 5.73 Å². The molecule has 1 aromatic heterocycles. The first-order valence-corrected chi connectivity index (χ1v) is 2.89. The molecule has 1 rings (SSSR count). The van der Waals surface area contributed by atoms with Crippen LogP contribution in [0.25, 0.3) is 0 Å². The fourth-order valence-corrected chi connectivity index (χ4v) is 0.618. The Kier molecular flexibility index (Phi) is 1.29. The van der Waals surface area contributed by atoms with Crippen molar-refractivity contribution in [1.29, 1.82) is 0 Å². The lowest BCUT2D eigenvalue weighted by Gasteiger charge is -2.13. The Morgan fingerprint density at radius 1 is 1.67 bits per heavy atom. The molecule has 0 radical (unpaired) electrons. The van der Waals surface area contributed by atoms with E-state index in [-0.39, 0.29) is 5.54 Å². The molecule has 0 amide bonds. The normalized spacial score (nSPS) is 11.9. The zero-order chi connectivity index (χ0) is 6.91. The molecule has 0 fully saturated rings. The number of aromatic nitrogens is 2. The molecule has 1 heterocycles. The van der Waals surface area contributed by atoms with Gasteiger partial charge in [-0.25, -0.2) is 4.98 Å². The largest absolute Gasteiger partial charge is 0.347 e. The highest BCUT2D eigenvalue weighted by Crippen LogP contribution is 2.09. The molecule has 0 bridgehead atoms. The molecule has 1 aromatic rings. The highest BCUT2D eigenvalue weighted by molar-refractivity contribution is 4.99. The fourth-order valence-electron chi connectivity index (χ4n) is 0.618. The van der Waals surface area contributed by atoms with Gasteiger partial charge in [0.05, 0.1) is 5.54 Å². The van der Waals surface area contributed by atoms with Crippen molar-refractivity contribution in [3.8, 4) is 0 Å². The second-order valence-corrected chi connectivity index (χ2v) is 2.66. The summed E-state index contributed by atoms with van der Waals surface area (Å²) in [6.45, 7) is 3.82. The lowest BCUT2D eigenvalue weighted by molar-refractivity contribution is 0.520. The van der Waals surface area contributed by atoms with E-state index in [2.05, 4.69) is 9.97 Å². The third kappa shape index (κ3) is 1.29. The molecule has 3 heteroatoms. The first-order chi connectivity index (χ1) is 4.11. The van der Waals surface area contributed by atoms with Gasteiger partial charge in [0.15, 0.2) is 0 Å². The lowest BCUT2D eigenvalue weighted by Crippen LogP contribution is -2.29. The summed E-state index contributed by atoms with van der Waals surface area (Å²) >= 11 is 0. The number of imidazole rings is 1. The quantitative estimate of drug-likeness (QED) is 0.577. The van der Waals surface area contributed by atoms with Crippen LogP contribution in [0, 0.1) is 0 Å². The monoisotopic (exact) mass is 125 g/mol. The molecule has 50 valence electrons. The smallest absolute Gasteiger partial charge is 0.125 e. The molecule has 0 atom stereocenters. The van der Waals surface area contributed by atoms with Gasteiger partial charge in [0.2, 0.25) is 0 Å². The zero-order valence-corrected chi connectivity index (χ0v) is 5.68. The number of aromatic amines is 1. The van der Waals surface area contributed by atoms with Crippen LogP contribution in [0.5, 0.6) is 0 Å². The number of nitrogens with zero attached hydrogens (tertiary/aromatic N) is 1. The minimum atomic E-state index is -0.344. The number of hydrogen-bond donors (Lipinski definition) is 2. The fraction of sp³-hybridized carbons (Fsp3) is 0.500. The minimum Gasteiger partial charge on any atom is -0.347 e. The van der Waals surface area contributed by atoms with E-state index in [1.54, 1.807) is 12.4 Å². The van der Waals surface area contributed by atoms with Crippen LogP contribution >= 0.6 is 0 Å². The molecule has 0 aliphatic carbocycles. The maximum atomic E-state index is 5.71. The van der Waals surface area contributed by atoms with Gasteiger partial charge in [0, 0.05) is 12.4 Å². The number of hydrogen-bond acceptors (Lipinski definition) is 2. The van der Waals surface area contributed by atoms with E-state index in [0.717, 1.165) is 5.82 Å². The summed E-state index contributed by atoms with van der Waals surface area (Å²) in [6, 6.07) is 0. The average Bonchev–Trinajstić information content (AvgIpc) is 2.08. The molecule has 0 unspecified atom stereocenters. The van der Waals surface area contributed by atoms with Crippen LogP contribution in [0.2, 0.25) is 0 Å². The third-order valence-corrected chi connectivity index (χ3v) is 1.11. The first-order valence-electron chi connectivity index (χ1n) is 2.89. The summed E-state index contributed by atoms with van der Waals surface area (Å²) < 4.78 is 0. The van der Waals surface area contributed by atoms with E-state index < -0.39 is 0 Å². The van der Waals surface area contributed by atoms with Crippen molar-refractivity contribution >= 4 is 0 Å². The number of nitrogens with one attached hydrogen (secondary N) is 1. The van der Waals surface area contributed by atoms with Crippen LogP contribution in [-0.2, 0) is 5.54 Å². The van der Waals surface area contributed by atoms with Crippen LogP contribution in [0.4, 0.5) is 0 Å². The van der Waals surface area contributed by atoms with E-state index in [1.165, 1.54) is 0 Å². The standard InChI is InChI=1S/C6H11N3/c1-6(2,7)5-8-3-4-9-5/h3-4H,7H2,1-2H3,(H,8,9). The summed E-state index contributed by atoms with van der Waals surface area (Å²) in [7, 11) is 0. The van der Waals surface area contributed by atoms with Crippen molar-refractivity contribution in [1.82, 2.24) is 9.97 Å². The van der Waals surface area contributed by atoms with E-state index in [4.69, 9.17) is 5.73 Å². The summed E-state index contributed by atoms with van der Waals surface area (Å²) in [5, 5.41) is 0. The SMILES string of the molecule is CC(C)(N)c1ncc[nH]1. The molecule has 0 aliphatic rings. The van der Waals surface area contributed by atoms with Crippen molar-refractivity contribution in [2.45, 2.75) is 19.4 Å². The van der Waals surface area contributed by atoms with Crippen molar-refractivity contribution in [2.75, 3.05) is 0 Å². The van der Waals surface area contributed by atoms with Gasteiger partial charge in [-0.15, -0.1) is 0 Å². The van der Waals surface area contributed by atoms with Gasteiger partial charge in [-0.2, -0.15) is 0 Å².